The second-order valence-corrected chi connectivity index (χ2v) is 5.30. The molecule has 1 aliphatic rings. The molecule has 122 valence electrons. The number of hydrogen-bond acceptors (Lipinski definition) is 3. The van der Waals surface area contributed by atoms with Crippen molar-refractivity contribution < 1.29 is 36.9 Å². The van der Waals surface area contributed by atoms with Crippen LogP contribution in [0.2, 0.25) is 0 Å². The van der Waals surface area contributed by atoms with E-state index in [-0.39, 0.29) is 11.3 Å². The summed E-state index contributed by atoms with van der Waals surface area (Å²) in [5.41, 5.74) is -2.41. The maximum absolute atomic E-state index is 13.2. The van der Waals surface area contributed by atoms with E-state index in [1.807, 2.05) is 0 Å². The number of carbonyl (C=O) groups is 1. The predicted octanol–water partition coefficient (Wildman–Crippen LogP) is 3.11. The first kappa shape index (κ1) is 16.5. The first-order valence-corrected chi connectivity index (χ1v) is 6.40. The fourth-order valence-corrected chi connectivity index (χ4v) is 2.61. The van der Waals surface area contributed by atoms with Crippen molar-refractivity contribution in [1.29, 1.82) is 0 Å². The summed E-state index contributed by atoms with van der Waals surface area (Å²) in [4.78, 5) is 11.3. The average Bonchev–Trinajstić information content (AvgIpc) is 2.77. The van der Waals surface area contributed by atoms with Crippen LogP contribution < -0.4 is 4.74 Å². The van der Waals surface area contributed by atoms with Crippen molar-refractivity contribution in [2.24, 2.45) is 0 Å². The van der Waals surface area contributed by atoms with Crippen molar-refractivity contribution in [3.05, 3.63) is 29.6 Å². The van der Waals surface area contributed by atoms with Crippen LogP contribution in [-0.4, -0.2) is 36.1 Å². The van der Waals surface area contributed by atoms with E-state index < -0.39 is 42.0 Å². The number of hydrogen-bond donors (Lipinski definition) is 1. The lowest BCUT2D eigenvalue weighted by molar-refractivity contribution is -0.263. The van der Waals surface area contributed by atoms with Gasteiger partial charge in [-0.2, -0.15) is 13.2 Å². The highest BCUT2D eigenvalue weighted by molar-refractivity contribution is 5.75. The molecule has 2 rings (SSSR count). The summed E-state index contributed by atoms with van der Waals surface area (Å²) in [6.45, 7) is 0.805. The summed E-state index contributed by atoms with van der Waals surface area (Å²) >= 11 is 0. The molecule has 1 saturated heterocycles. The fourth-order valence-electron chi connectivity index (χ4n) is 2.61. The largest absolute Gasteiger partial charge is 0.496 e. The Bertz CT molecular complexity index is 587. The van der Waals surface area contributed by atoms with E-state index in [0.29, 0.717) is 0 Å². The Morgan fingerprint density at radius 3 is 2.59 bits per heavy atom. The lowest BCUT2D eigenvalue weighted by Gasteiger charge is -2.26. The molecule has 0 radical (unpaired) electrons. The minimum absolute atomic E-state index is 0.00808. The van der Waals surface area contributed by atoms with Crippen LogP contribution in [0.15, 0.2) is 18.2 Å². The van der Waals surface area contributed by atoms with Crippen LogP contribution in [-0.2, 0) is 9.53 Å². The Morgan fingerprint density at radius 2 is 2.09 bits per heavy atom. The van der Waals surface area contributed by atoms with Gasteiger partial charge in [-0.3, -0.25) is 0 Å². The molecule has 0 aromatic heterocycles. The third kappa shape index (κ3) is 2.75. The molecule has 1 N–H and O–H groups in total. The van der Waals surface area contributed by atoms with Gasteiger partial charge >= 0.3 is 12.1 Å². The molecule has 0 bridgehead atoms. The number of benzene rings is 1. The molecule has 1 aromatic rings. The zero-order chi connectivity index (χ0) is 16.7. The van der Waals surface area contributed by atoms with Gasteiger partial charge in [0.25, 0.3) is 0 Å². The molecule has 0 saturated carbocycles. The van der Waals surface area contributed by atoms with Crippen molar-refractivity contribution in [2.45, 2.75) is 37.1 Å². The second kappa shape index (κ2) is 5.42. The number of ether oxygens (including phenoxy) is 2. The molecule has 1 aromatic carbocycles. The topological polar surface area (TPSA) is 55.8 Å². The smallest absolute Gasteiger partial charge is 0.417 e. The maximum atomic E-state index is 13.2. The first-order valence-electron chi connectivity index (χ1n) is 6.40. The minimum atomic E-state index is -4.72. The van der Waals surface area contributed by atoms with Gasteiger partial charge < -0.3 is 14.6 Å². The van der Waals surface area contributed by atoms with E-state index in [1.165, 1.54) is 13.2 Å². The molecule has 0 spiro atoms. The van der Waals surface area contributed by atoms with Crippen molar-refractivity contribution in [1.82, 2.24) is 0 Å². The number of halogens is 4. The van der Waals surface area contributed by atoms with Crippen molar-refractivity contribution in [3.8, 4) is 5.75 Å². The van der Waals surface area contributed by atoms with Crippen LogP contribution in [0.3, 0.4) is 0 Å². The molecule has 0 unspecified atom stereocenters. The van der Waals surface area contributed by atoms with Crippen molar-refractivity contribution >= 4 is 5.97 Å². The number of methoxy groups -OCH3 is 1. The van der Waals surface area contributed by atoms with Gasteiger partial charge in [0.15, 0.2) is 11.7 Å². The third-order valence-corrected chi connectivity index (χ3v) is 3.80. The van der Waals surface area contributed by atoms with Gasteiger partial charge in [0.2, 0.25) is 0 Å². The summed E-state index contributed by atoms with van der Waals surface area (Å²) < 4.78 is 62.3. The monoisotopic (exact) mass is 322 g/mol. The third-order valence-electron chi connectivity index (χ3n) is 3.80. The summed E-state index contributed by atoms with van der Waals surface area (Å²) in [7, 11) is 1.23. The molecule has 0 amide bonds. The number of alkyl halides is 3. The van der Waals surface area contributed by atoms with E-state index in [2.05, 4.69) is 0 Å². The van der Waals surface area contributed by atoms with E-state index in [4.69, 9.17) is 14.6 Å². The Balaban J connectivity index is 2.47. The van der Waals surface area contributed by atoms with Crippen molar-refractivity contribution in [3.63, 3.8) is 0 Å². The summed E-state index contributed by atoms with van der Waals surface area (Å²) in [6.07, 6.45) is -7.00. The van der Waals surface area contributed by atoms with Gasteiger partial charge in [0.05, 0.1) is 7.11 Å². The summed E-state index contributed by atoms with van der Waals surface area (Å²) in [6, 6.07) is 3.26. The lowest BCUT2D eigenvalue weighted by Crippen LogP contribution is -2.42. The van der Waals surface area contributed by atoms with Gasteiger partial charge in [-0.05, 0) is 19.4 Å². The molecule has 3 atom stereocenters. The van der Waals surface area contributed by atoms with Gasteiger partial charge in [-0.25, -0.2) is 9.18 Å². The molecule has 22 heavy (non-hydrogen) atoms. The Morgan fingerprint density at radius 1 is 1.45 bits per heavy atom. The first-order chi connectivity index (χ1) is 10.1. The van der Waals surface area contributed by atoms with Crippen LogP contribution >= 0.6 is 0 Å². The van der Waals surface area contributed by atoms with Gasteiger partial charge in [0, 0.05) is 17.5 Å². The number of rotatable bonds is 3. The zero-order valence-corrected chi connectivity index (χ0v) is 11.8. The molecule has 8 heteroatoms. The molecule has 1 aliphatic heterocycles. The van der Waals surface area contributed by atoms with Crippen LogP contribution in [0.1, 0.15) is 24.8 Å². The van der Waals surface area contributed by atoms with E-state index in [9.17, 15) is 22.4 Å². The zero-order valence-electron chi connectivity index (χ0n) is 11.8. The Kier molecular flexibility index (Phi) is 4.08. The molecule has 0 aliphatic carbocycles. The number of carboxylic acid groups (broad SMARTS) is 1. The number of carboxylic acids is 1. The fraction of sp³-hybridized carbons (Fsp3) is 0.500. The predicted molar refractivity (Wildman–Crippen MR) is 67.3 cm³/mol. The normalized spacial score (nSPS) is 28.6. The quantitative estimate of drug-likeness (QED) is 0.869. The number of aliphatic carboxylic acids is 1. The van der Waals surface area contributed by atoms with E-state index in [0.717, 1.165) is 19.1 Å². The van der Waals surface area contributed by atoms with Gasteiger partial charge in [-0.15, -0.1) is 0 Å². The van der Waals surface area contributed by atoms with E-state index >= 15 is 0 Å². The summed E-state index contributed by atoms with van der Waals surface area (Å²) in [5, 5.41) is 9.15. The molecule has 4 nitrogen and oxygen atoms in total. The average molecular weight is 322 g/mol. The summed E-state index contributed by atoms with van der Waals surface area (Å²) in [5.74, 6) is -3.25. The highest BCUT2D eigenvalue weighted by Crippen LogP contribution is 2.50. The molecule has 1 heterocycles. The Labute approximate surface area is 123 Å². The van der Waals surface area contributed by atoms with Crippen LogP contribution in [0.5, 0.6) is 5.75 Å². The highest BCUT2D eigenvalue weighted by atomic mass is 19.4. The van der Waals surface area contributed by atoms with E-state index in [1.54, 1.807) is 0 Å². The van der Waals surface area contributed by atoms with Gasteiger partial charge in [0.1, 0.15) is 11.6 Å². The van der Waals surface area contributed by atoms with Crippen molar-refractivity contribution in [2.75, 3.05) is 7.11 Å². The SMILES string of the molecule is COc1cc(F)ccc1[C@@H]1C[C@](C)(C(F)(F)F)O[C@H]1C(=O)O. The van der Waals surface area contributed by atoms with Gasteiger partial charge in [-0.1, -0.05) is 6.07 Å². The van der Waals surface area contributed by atoms with Crippen LogP contribution in [0.25, 0.3) is 0 Å². The second-order valence-electron chi connectivity index (χ2n) is 5.30. The molecular weight excluding hydrogens is 308 g/mol. The maximum Gasteiger partial charge on any atom is 0.417 e. The van der Waals surface area contributed by atoms with Crippen LogP contribution in [0.4, 0.5) is 17.6 Å². The highest BCUT2D eigenvalue weighted by Gasteiger charge is 2.61. The van der Waals surface area contributed by atoms with Crippen LogP contribution in [0, 0.1) is 5.82 Å². The lowest BCUT2D eigenvalue weighted by atomic mass is 9.86. The molecule has 1 fully saturated rings. The minimum Gasteiger partial charge on any atom is -0.496 e. The molecular formula is C14H14F4O4. The Hall–Kier alpha value is -1.83. The standard InChI is InChI=1S/C14H14F4O4/c1-13(14(16,17)18)6-9(11(22-13)12(19)20)8-4-3-7(15)5-10(8)21-2/h3-5,9,11H,6H2,1-2H3,(H,19,20)/t9-,11+,13+/m0/s1.